The highest BCUT2D eigenvalue weighted by Crippen LogP contribution is 2.28. The van der Waals surface area contributed by atoms with Crippen molar-refractivity contribution in [3.63, 3.8) is 0 Å². The SMILES string of the molecule is C.CCCC(=O)NC1=CC(C(=O)OC)CC=C1CN(CCc1ccccc1)C(=O)OC(C)(C)C.CNC(=O)C(/C=C/N)=C/C=C/CN[C@@H](Cc1ccccc1)C(=O)OC.CNC(Oc1ccccc1)C(=O)N(CCCN1CCCC1=O)CC1=CCC(C(=O)OC)C=C1.COC(=O)c1ccc(CN(CCc2ccccc2)C(=O)CCc2ccccc2)c(N)c1.COC(=O)c1ccc(CN[C@H](C(=O)OCc2ccccc2)C(C)C)cc1. The van der Waals surface area contributed by atoms with Gasteiger partial charge in [-0.15, -0.1) is 0 Å². The Balaban J connectivity index is 0.000000285. The smallest absolute Gasteiger partial charge is 0.410 e. The first-order valence-electron chi connectivity index (χ1n) is 49.8. The van der Waals surface area contributed by atoms with Gasteiger partial charge >= 0.3 is 41.9 Å². The Labute approximate surface area is 878 Å². The number of amides is 6. The maximum Gasteiger partial charge on any atom is 0.410 e. The maximum atomic E-state index is 13.4. The minimum absolute atomic E-state index is 0. The predicted octanol–water partition coefficient (Wildman–Crippen LogP) is 15.8. The molecule has 1 fully saturated rings. The van der Waals surface area contributed by atoms with Crippen LogP contribution in [0.15, 0.2) is 308 Å². The predicted molar refractivity (Wildman–Crippen MR) is 579 cm³/mol. The molecule has 0 spiro atoms. The number of nitrogens with zero attached hydrogens (tertiary/aromatic N) is 4. The van der Waals surface area contributed by atoms with Gasteiger partial charge in [-0.05, 0) is 202 Å². The Morgan fingerprint density at radius 3 is 1.66 bits per heavy atom. The lowest BCUT2D eigenvalue weighted by molar-refractivity contribution is -0.149. The van der Waals surface area contributed by atoms with Gasteiger partial charge in [-0.25, -0.2) is 14.4 Å². The zero-order chi connectivity index (χ0) is 108. The van der Waals surface area contributed by atoms with E-state index >= 15 is 0 Å². The van der Waals surface area contributed by atoms with E-state index in [1.807, 2.05) is 252 Å². The number of hydrogen-bond donors (Lipinski definition) is 7. The van der Waals surface area contributed by atoms with Crippen LogP contribution >= 0.6 is 0 Å². The zero-order valence-electron chi connectivity index (χ0n) is 87.5. The fourth-order valence-corrected chi connectivity index (χ4v) is 15.6. The van der Waals surface area contributed by atoms with E-state index in [1.165, 1.54) is 53.4 Å². The highest BCUT2D eigenvalue weighted by Gasteiger charge is 2.32. The molecular formula is C118H151N11O20. The Morgan fingerprint density at radius 2 is 1.14 bits per heavy atom. The highest BCUT2D eigenvalue weighted by atomic mass is 16.6. The summed E-state index contributed by atoms with van der Waals surface area (Å²) in [6.45, 7) is 16.6. The van der Waals surface area contributed by atoms with Crippen LogP contribution in [-0.2, 0) is 122 Å². The highest BCUT2D eigenvalue weighted by molar-refractivity contribution is 5.96. The maximum absolute atomic E-state index is 13.4. The molecular weight excluding hydrogens is 1890 g/mol. The molecule has 3 unspecified atom stereocenters. The van der Waals surface area contributed by atoms with Crippen LogP contribution in [0.1, 0.15) is 160 Å². The number of likely N-dealkylation sites (tertiary alicyclic amines) is 1. The van der Waals surface area contributed by atoms with E-state index in [4.69, 9.17) is 44.6 Å². The largest absolute Gasteiger partial charge is 0.469 e. The summed E-state index contributed by atoms with van der Waals surface area (Å²) in [5, 5.41) is 14.8. The molecule has 31 heteroatoms. The second kappa shape index (κ2) is 67.4. The van der Waals surface area contributed by atoms with Crippen LogP contribution in [-0.4, -0.2) is 217 Å². The van der Waals surface area contributed by atoms with E-state index < -0.39 is 41.9 Å². The fraction of sp³-hybridized carbons (Fsp3) is 0.373. The quantitative estimate of drug-likeness (QED) is 0.00465. The van der Waals surface area contributed by atoms with Gasteiger partial charge in [-0.3, -0.25) is 48.5 Å². The van der Waals surface area contributed by atoms with E-state index in [9.17, 15) is 57.5 Å². The van der Waals surface area contributed by atoms with Gasteiger partial charge in [0, 0.05) is 102 Å². The van der Waals surface area contributed by atoms with Crippen LogP contribution in [0, 0.1) is 17.8 Å². The number of nitrogens with two attached hydrogens (primary N) is 2. The van der Waals surface area contributed by atoms with Crippen molar-refractivity contribution in [1.29, 1.82) is 0 Å². The number of rotatable bonds is 46. The van der Waals surface area contributed by atoms with Gasteiger partial charge in [-0.2, -0.15) is 0 Å². The van der Waals surface area contributed by atoms with Gasteiger partial charge in [0.2, 0.25) is 23.9 Å². The molecule has 11 rings (SSSR count). The second-order valence-corrected chi connectivity index (χ2v) is 36.3. The van der Waals surface area contributed by atoms with Crippen molar-refractivity contribution in [2.75, 3.05) is 108 Å². The number of carbonyl (C=O) groups is 12. The molecule has 1 heterocycles. The molecule has 798 valence electrons. The second-order valence-electron chi connectivity index (χ2n) is 36.3. The summed E-state index contributed by atoms with van der Waals surface area (Å²) < 4.78 is 40.9. The van der Waals surface area contributed by atoms with Crippen LogP contribution in [0.5, 0.6) is 5.75 Å². The molecule has 0 bridgehead atoms. The molecule has 149 heavy (non-hydrogen) atoms. The number of allylic oxidation sites excluding steroid dienone is 4. The molecule has 0 aromatic heterocycles. The third-order valence-corrected chi connectivity index (χ3v) is 23.7. The van der Waals surface area contributed by atoms with Crippen molar-refractivity contribution in [2.24, 2.45) is 23.5 Å². The van der Waals surface area contributed by atoms with Gasteiger partial charge in [0.15, 0.2) is 0 Å². The Hall–Kier alpha value is -15.3. The number of aryl methyl sites for hydroxylation is 1. The fourth-order valence-electron chi connectivity index (χ4n) is 15.6. The van der Waals surface area contributed by atoms with Gasteiger partial charge in [0.05, 0.1) is 65.1 Å². The number of benzene rings is 8. The normalized spacial score (nSPS) is 14.1. The van der Waals surface area contributed by atoms with Crippen LogP contribution < -0.4 is 42.8 Å². The van der Waals surface area contributed by atoms with E-state index in [0.29, 0.717) is 150 Å². The van der Waals surface area contributed by atoms with E-state index in [0.717, 1.165) is 63.9 Å². The number of ether oxygens (including phenoxy) is 8. The van der Waals surface area contributed by atoms with Crippen LogP contribution in [0.3, 0.4) is 0 Å². The molecule has 1 saturated heterocycles. The van der Waals surface area contributed by atoms with E-state index in [2.05, 4.69) is 43.5 Å². The number of para-hydroxylation sites is 1. The number of nitrogens with one attached hydrogen (secondary N) is 5. The average Bonchev–Trinajstić information content (AvgIpc) is 1.15. The molecule has 0 saturated carbocycles. The minimum Gasteiger partial charge on any atom is -0.469 e. The molecule has 5 atom stereocenters. The van der Waals surface area contributed by atoms with Crippen molar-refractivity contribution in [3.05, 3.63) is 358 Å². The summed E-state index contributed by atoms with van der Waals surface area (Å²) >= 11 is 0. The lowest BCUT2D eigenvalue weighted by Crippen LogP contribution is -2.49. The standard InChI is InChI=1S/C26H36N2O5.C26H28N2O3.C25H33N3O5.C21H25NO4.C19H25N3O3.CH4/c1-6-10-23(29)27-22-17-20(24(30)32-5)13-14-21(22)18-28(25(31)33-26(2,3)4)16-15-19-11-8-7-9-12-19;1-31-26(30)22-13-14-23(24(27)18-22)19-28(17-16-21-10-6-3-7-11-21)25(29)15-12-20-8-4-2-5-9-20;1-26-23(33-21-8-4-3-5-9-21)24(30)28(17-7-16-27-15-6-10-22(27)29)18-19-11-13-20(14-12-19)25(31)32-2;1-15(2)19(21(24)26-14-17-7-5-4-6-8-17)22-13-16-9-11-18(12-10-16)20(23)25-3;1-21-18(23)16(11-12-20)10-6-7-13-22-17(19(24)25-2)14-15-8-4-3-5-9-15;/h7-9,11-12,14,17,20H,6,10,13,15-16,18H2,1-5H3,(H,27,29);2-11,13-14,18H,12,15-17,19,27H2,1H3;3-5,8-9,11-13,20,23,26H,6-7,10,14-18H2,1-2H3;4-12,15,19,22H,13-14H2,1-3H3;3-12,17,22H,13-14,20H2,1-2H3,(H,21,23);1H4/b;;;;7-6+,12-11+,16-10+;/t;;;19-;17-;/m...00./s1. The van der Waals surface area contributed by atoms with Gasteiger partial charge in [0.25, 0.3) is 11.8 Å². The zero-order valence-corrected chi connectivity index (χ0v) is 87.5. The molecule has 1 aliphatic heterocycles. The summed E-state index contributed by atoms with van der Waals surface area (Å²) in [5.74, 6) is -2.37. The Bertz CT molecular complexity index is 5740. The first-order chi connectivity index (χ1) is 71.3. The van der Waals surface area contributed by atoms with Crippen LogP contribution in [0.25, 0.3) is 0 Å². The van der Waals surface area contributed by atoms with Crippen molar-refractivity contribution in [2.45, 2.75) is 170 Å². The van der Waals surface area contributed by atoms with Crippen molar-refractivity contribution in [3.8, 4) is 5.75 Å². The number of esters is 6. The first kappa shape index (κ1) is 122. The summed E-state index contributed by atoms with van der Waals surface area (Å²) in [7, 11) is 10.0. The summed E-state index contributed by atoms with van der Waals surface area (Å²) in [6, 6.07) is 69.9. The lowest BCUT2D eigenvalue weighted by atomic mass is 9.93. The summed E-state index contributed by atoms with van der Waals surface area (Å²) in [5.41, 5.74) is 22.2. The van der Waals surface area contributed by atoms with Crippen molar-refractivity contribution >= 4 is 77.1 Å². The average molecular weight is 2040 g/mol. The molecule has 2 aliphatic carbocycles. The minimum atomic E-state index is -0.836. The third kappa shape index (κ3) is 44.9. The number of nitrogen functional groups attached to an aromatic ring is 1. The Morgan fingerprint density at radius 1 is 0.584 bits per heavy atom. The molecule has 8 aromatic carbocycles. The summed E-state index contributed by atoms with van der Waals surface area (Å²) in [4.78, 5) is 154. The first-order valence-corrected chi connectivity index (χ1v) is 49.8. The molecule has 0 radical (unpaired) electrons. The van der Waals surface area contributed by atoms with Crippen LogP contribution in [0.4, 0.5) is 10.5 Å². The van der Waals surface area contributed by atoms with E-state index in [1.54, 1.807) is 84.6 Å². The molecule has 31 nitrogen and oxygen atoms in total. The molecule has 3 aliphatic rings. The molecule has 6 amide bonds. The number of methoxy groups -OCH3 is 5. The molecule has 9 N–H and O–H groups in total. The monoisotopic (exact) mass is 2040 g/mol. The number of anilines is 1. The van der Waals surface area contributed by atoms with Gasteiger partial charge in [-0.1, -0.05) is 253 Å². The number of likely N-dealkylation sites (N-methyl/N-ethyl adjacent to an activating group) is 2. The molecule has 8 aromatic rings. The van der Waals surface area contributed by atoms with Gasteiger partial charge < -0.3 is 90.2 Å². The summed E-state index contributed by atoms with van der Waals surface area (Å²) in [6.07, 6.45) is 23.4. The number of hydrogen-bond acceptors (Lipinski definition) is 25. The van der Waals surface area contributed by atoms with Gasteiger partial charge in [0.1, 0.15) is 30.0 Å². The topological polar surface area (TPSA) is 404 Å². The van der Waals surface area contributed by atoms with Crippen molar-refractivity contribution < 1.29 is 95.4 Å². The third-order valence-electron chi connectivity index (χ3n) is 23.7. The van der Waals surface area contributed by atoms with Crippen molar-refractivity contribution in [1.82, 2.24) is 46.2 Å². The Kier molecular flexibility index (Phi) is 55.4. The number of carbonyl (C=O) groups excluding carboxylic acids is 12. The van der Waals surface area contributed by atoms with Crippen LogP contribution in [0.2, 0.25) is 0 Å². The van der Waals surface area contributed by atoms with E-state index in [-0.39, 0.29) is 91.8 Å². The lowest BCUT2D eigenvalue weighted by Gasteiger charge is -2.30.